The Bertz CT molecular complexity index is 514. The Labute approximate surface area is 117 Å². The summed E-state index contributed by atoms with van der Waals surface area (Å²) in [6.07, 6.45) is -0.0639. The average Bonchev–Trinajstić information content (AvgIpc) is 2.44. The molecular weight excluding hydrogens is 260 g/mol. The van der Waals surface area contributed by atoms with Crippen molar-refractivity contribution in [2.75, 3.05) is 20.1 Å². The molecule has 0 unspecified atom stereocenters. The van der Waals surface area contributed by atoms with Gasteiger partial charge in [-0.05, 0) is 18.6 Å². The third-order valence-electron chi connectivity index (χ3n) is 2.94. The Morgan fingerprint density at radius 3 is 2.50 bits per heavy atom. The van der Waals surface area contributed by atoms with Crippen LogP contribution in [0.1, 0.15) is 22.8 Å². The molecule has 0 aliphatic rings. The maximum absolute atomic E-state index is 11.7. The van der Waals surface area contributed by atoms with E-state index in [2.05, 4.69) is 5.32 Å². The number of carboxylic acids is 1. The Hall–Kier alpha value is -2.37. The van der Waals surface area contributed by atoms with Gasteiger partial charge in [0.2, 0.25) is 11.8 Å². The number of hydrogen-bond acceptors (Lipinski definition) is 3. The third-order valence-corrected chi connectivity index (χ3v) is 2.94. The molecule has 0 saturated heterocycles. The zero-order chi connectivity index (χ0) is 15.1. The number of nitrogens with one attached hydrogen (secondary N) is 1. The van der Waals surface area contributed by atoms with Crippen molar-refractivity contribution < 1.29 is 19.5 Å². The van der Waals surface area contributed by atoms with E-state index in [1.54, 1.807) is 25.2 Å². The van der Waals surface area contributed by atoms with Gasteiger partial charge in [0.15, 0.2) is 0 Å². The number of aromatic carboxylic acids is 1. The van der Waals surface area contributed by atoms with Gasteiger partial charge in [0.1, 0.15) is 0 Å². The molecule has 2 amide bonds. The predicted molar refractivity (Wildman–Crippen MR) is 73.4 cm³/mol. The van der Waals surface area contributed by atoms with E-state index in [4.69, 9.17) is 5.11 Å². The summed E-state index contributed by atoms with van der Waals surface area (Å²) in [5.41, 5.74) is 0.522. The molecule has 0 fully saturated rings. The van der Waals surface area contributed by atoms with Gasteiger partial charge in [-0.2, -0.15) is 0 Å². The van der Waals surface area contributed by atoms with Crippen LogP contribution in [-0.2, 0) is 16.0 Å². The lowest BCUT2D eigenvalue weighted by atomic mass is 10.0. The standard InChI is InChI=1S/C14H18N2O4/c1-3-16(2)13(18)9-15-12(17)8-10-6-4-5-7-11(10)14(19)20/h4-7H,3,8-9H2,1-2H3,(H,15,17)(H,19,20). The van der Waals surface area contributed by atoms with Gasteiger partial charge in [0.05, 0.1) is 18.5 Å². The van der Waals surface area contributed by atoms with E-state index in [1.807, 2.05) is 6.92 Å². The number of carbonyl (C=O) groups excluding carboxylic acids is 2. The molecule has 0 heterocycles. The van der Waals surface area contributed by atoms with Gasteiger partial charge in [-0.25, -0.2) is 4.79 Å². The number of hydrogen-bond donors (Lipinski definition) is 2. The molecule has 108 valence electrons. The molecule has 0 aromatic heterocycles. The first-order valence-electron chi connectivity index (χ1n) is 6.27. The van der Waals surface area contributed by atoms with Gasteiger partial charge < -0.3 is 15.3 Å². The number of likely N-dealkylation sites (N-methyl/N-ethyl adjacent to an activating group) is 1. The highest BCUT2D eigenvalue weighted by molar-refractivity contribution is 5.92. The first kappa shape index (κ1) is 15.7. The molecular formula is C14H18N2O4. The summed E-state index contributed by atoms with van der Waals surface area (Å²) in [4.78, 5) is 35.7. The molecule has 0 aliphatic carbocycles. The van der Waals surface area contributed by atoms with Crippen molar-refractivity contribution in [2.24, 2.45) is 0 Å². The van der Waals surface area contributed by atoms with Gasteiger partial charge in [-0.15, -0.1) is 0 Å². The fourth-order valence-electron chi connectivity index (χ4n) is 1.60. The second-order valence-corrected chi connectivity index (χ2v) is 4.32. The zero-order valence-electron chi connectivity index (χ0n) is 11.5. The molecule has 0 aliphatic heterocycles. The van der Waals surface area contributed by atoms with Crippen LogP contribution >= 0.6 is 0 Å². The molecule has 0 bridgehead atoms. The molecule has 6 heteroatoms. The molecule has 2 N–H and O–H groups in total. The van der Waals surface area contributed by atoms with Gasteiger partial charge in [0.25, 0.3) is 0 Å². The average molecular weight is 278 g/mol. The lowest BCUT2D eigenvalue weighted by Gasteiger charge is -2.14. The van der Waals surface area contributed by atoms with Gasteiger partial charge in [0, 0.05) is 13.6 Å². The van der Waals surface area contributed by atoms with Crippen molar-refractivity contribution in [1.82, 2.24) is 10.2 Å². The summed E-state index contributed by atoms with van der Waals surface area (Å²) in [5.74, 6) is -1.64. The van der Waals surface area contributed by atoms with Crippen LogP contribution in [0, 0.1) is 0 Å². The van der Waals surface area contributed by atoms with E-state index in [0.717, 1.165) is 0 Å². The van der Waals surface area contributed by atoms with Gasteiger partial charge in [-0.3, -0.25) is 9.59 Å². The molecule has 1 aromatic rings. The summed E-state index contributed by atoms with van der Waals surface area (Å²) in [6.45, 7) is 2.32. The quantitative estimate of drug-likeness (QED) is 0.794. The minimum Gasteiger partial charge on any atom is -0.478 e. The highest BCUT2D eigenvalue weighted by Crippen LogP contribution is 2.09. The number of rotatable bonds is 6. The molecule has 20 heavy (non-hydrogen) atoms. The lowest BCUT2D eigenvalue weighted by molar-refractivity contribution is -0.131. The van der Waals surface area contributed by atoms with E-state index in [9.17, 15) is 14.4 Å². The summed E-state index contributed by atoms with van der Waals surface area (Å²) >= 11 is 0. The van der Waals surface area contributed by atoms with E-state index < -0.39 is 5.97 Å². The largest absolute Gasteiger partial charge is 0.478 e. The molecule has 0 saturated carbocycles. The summed E-state index contributed by atoms with van der Waals surface area (Å²) < 4.78 is 0. The molecule has 1 rings (SSSR count). The van der Waals surface area contributed by atoms with Crippen molar-refractivity contribution in [3.05, 3.63) is 35.4 Å². The Balaban J connectivity index is 2.59. The first-order valence-corrected chi connectivity index (χ1v) is 6.27. The zero-order valence-corrected chi connectivity index (χ0v) is 11.5. The minimum absolute atomic E-state index is 0.0639. The summed E-state index contributed by atoms with van der Waals surface area (Å²) in [5, 5.41) is 11.5. The maximum Gasteiger partial charge on any atom is 0.335 e. The highest BCUT2D eigenvalue weighted by atomic mass is 16.4. The van der Waals surface area contributed by atoms with Crippen molar-refractivity contribution in [3.8, 4) is 0 Å². The van der Waals surface area contributed by atoms with Crippen LogP contribution in [-0.4, -0.2) is 47.9 Å². The smallest absolute Gasteiger partial charge is 0.335 e. The van der Waals surface area contributed by atoms with Crippen LogP contribution in [0.15, 0.2) is 24.3 Å². The molecule has 0 spiro atoms. The number of carbonyl (C=O) groups is 3. The number of nitrogens with zero attached hydrogens (tertiary/aromatic N) is 1. The van der Waals surface area contributed by atoms with E-state index in [0.29, 0.717) is 12.1 Å². The fourth-order valence-corrected chi connectivity index (χ4v) is 1.60. The van der Waals surface area contributed by atoms with E-state index in [1.165, 1.54) is 11.0 Å². The Morgan fingerprint density at radius 2 is 1.90 bits per heavy atom. The topological polar surface area (TPSA) is 86.7 Å². The monoisotopic (exact) mass is 278 g/mol. The molecule has 1 aromatic carbocycles. The van der Waals surface area contributed by atoms with Gasteiger partial charge >= 0.3 is 5.97 Å². The number of carboxylic acid groups (broad SMARTS) is 1. The maximum atomic E-state index is 11.7. The third kappa shape index (κ3) is 4.38. The normalized spacial score (nSPS) is 9.90. The van der Waals surface area contributed by atoms with Crippen molar-refractivity contribution in [2.45, 2.75) is 13.3 Å². The van der Waals surface area contributed by atoms with E-state index >= 15 is 0 Å². The fraction of sp³-hybridized carbons (Fsp3) is 0.357. The highest BCUT2D eigenvalue weighted by Gasteiger charge is 2.13. The predicted octanol–water partition coefficient (Wildman–Crippen LogP) is 0.522. The van der Waals surface area contributed by atoms with Crippen molar-refractivity contribution in [1.29, 1.82) is 0 Å². The van der Waals surface area contributed by atoms with Crippen molar-refractivity contribution in [3.63, 3.8) is 0 Å². The first-order chi connectivity index (χ1) is 9.45. The second-order valence-electron chi connectivity index (χ2n) is 4.32. The van der Waals surface area contributed by atoms with Gasteiger partial charge in [-0.1, -0.05) is 18.2 Å². The van der Waals surface area contributed by atoms with Crippen molar-refractivity contribution >= 4 is 17.8 Å². The SMILES string of the molecule is CCN(C)C(=O)CNC(=O)Cc1ccccc1C(=O)O. The minimum atomic E-state index is -1.07. The summed E-state index contributed by atoms with van der Waals surface area (Å²) in [7, 11) is 1.65. The lowest BCUT2D eigenvalue weighted by Crippen LogP contribution is -2.38. The molecule has 6 nitrogen and oxygen atoms in total. The van der Waals surface area contributed by atoms with Crippen LogP contribution in [0.4, 0.5) is 0 Å². The Kier molecular flexibility index (Phi) is 5.71. The van der Waals surface area contributed by atoms with Crippen LogP contribution in [0.5, 0.6) is 0 Å². The van der Waals surface area contributed by atoms with Crippen LogP contribution in [0.25, 0.3) is 0 Å². The van der Waals surface area contributed by atoms with Crippen LogP contribution < -0.4 is 5.32 Å². The Morgan fingerprint density at radius 1 is 1.25 bits per heavy atom. The second kappa shape index (κ2) is 7.28. The molecule has 0 atom stereocenters. The number of benzene rings is 1. The van der Waals surface area contributed by atoms with Crippen LogP contribution in [0.3, 0.4) is 0 Å². The molecule has 0 radical (unpaired) electrons. The summed E-state index contributed by atoms with van der Waals surface area (Å²) in [6, 6.07) is 6.31. The van der Waals surface area contributed by atoms with Crippen LogP contribution in [0.2, 0.25) is 0 Å². The van der Waals surface area contributed by atoms with E-state index in [-0.39, 0.29) is 30.3 Å². The number of amides is 2.